The van der Waals surface area contributed by atoms with Gasteiger partial charge in [0.2, 0.25) is 0 Å². The van der Waals surface area contributed by atoms with Crippen LogP contribution in [0.1, 0.15) is 11.1 Å². The van der Waals surface area contributed by atoms with Gasteiger partial charge < -0.3 is 14.8 Å². The number of aryl methyl sites for hydroxylation is 1. The molecule has 0 fully saturated rings. The molecule has 0 bridgehead atoms. The molecule has 0 aliphatic carbocycles. The van der Waals surface area contributed by atoms with E-state index in [1.807, 2.05) is 6.07 Å². The van der Waals surface area contributed by atoms with E-state index in [4.69, 9.17) is 14.8 Å². The largest absolute Gasteiger partial charge is 0.489 e. The van der Waals surface area contributed by atoms with Crippen molar-refractivity contribution in [1.82, 2.24) is 0 Å². The number of ether oxygens (including phenoxy) is 1. The summed E-state index contributed by atoms with van der Waals surface area (Å²) in [6, 6.07) is 11.2. The molecule has 3 nitrogen and oxygen atoms in total. The van der Waals surface area contributed by atoms with E-state index in [0.717, 1.165) is 11.1 Å². The van der Waals surface area contributed by atoms with Crippen molar-refractivity contribution in [1.29, 1.82) is 0 Å². The molecule has 19 heavy (non-hydrogen) atoms. The minimum Gasteiger partial charge on any atom is -0.489 e. The van der Waals surface area contributed by atoms with Gasteiger partial charge >= 0.3 is 7.12 Å². The fourth-order valence-corrected chi connectivity index (χ4v) is 1.78. The van der Waals surface area contributed by atoms with Crippen LogP contribution in [0, 0.1) is 12.7 Å². The zero-order chi connectivity index (χ0) is 13.8. The molecule has 0 aliphatic rings. The van der Waals surface area contributed by atoms with Gasteiger partial charge in [0.05, 0.1) is 0 Å². The third kappa shape index (κ3) is 3.56. The van der Waals surface area contributed by atoms with Crippen molar-refractivity contribution in [2.45, 2.75) is 13.5 Å². The SMILES string of the molecule is Cc1cc(F)ccc1OCc1cccc(B(O)O)c1. The zero-order valence-electron chi connectivity index (χ0n) is 10.5. The highest BCUT2D eigenvalue weighted by atomic mass is 19.1. The predicted octanol–water partition coefficient (Wildman–Crippen LogP) is 1.39. The Bertz CT molecular complexity index is 572. The lowest BCUT2D eigenvalue weighted by Gasteiger charge is -2.10. The summed E-state index contributed by atoms with van der Waals surface area (Å²) >= 11 is 0. The molecule has 2 aromatic rings. The van der Waals surface area contributed by atoms with Gasteiger partial charge in [0.15, 0.2) is 0 Å². The number of halogens is 1. The van der Waals surface area contributed by atoms with E-state index in [-0.39, 0.29) is 12.4 Å². The lowest BCUT2D eigenvalue weighted by atomic mass is 9.80. The maximum atomic E-state index is 12.9. The summed E-state index contributed by atoms with van der Waals surface area (Å²) in [7, 11) is -1.49. The second-order valence-electron chi connectivity index (χ2n) is 4.32. The van der Waals surface area contributed by atoms with Crippen LogP contribution in [0.4, 0.5) is 4.39 Å². The van der Waals surface area contributed by atoms with Crippen molar-refractivity contribution in [2.24, 2.45) is 0 Å². The van der Waals surface area contributed by atoms with Gasteiger partial charge in [0.25, 0.3) is 0 Å². The second-order valence-corrected chi connectivity index (χ2v) is 4.32. The summed E-state index contributed by atoms with van der Waals surface area (Å²) in [6.07, 6.45) is 0. The fraction of sp³-hybridized carbons (Fsp3) is 0.143. The van der Waals surface area contributed by atoms with Crippen molar-refractivity contribution in [3.63, 3.8) is 0 Å². The monoisotopic (exact) mass is 260 g/mol. The number of hydrogen-bond donors (Lipinski definition) is 2. The first-order valence-electron chi connectivity index (χ1n) is 5.90. The van der Waals surface area contributed by atoms with Crippen molar-refractivity contribution in [3.8, 4) is 5.75 Å². The van der Waals surface area contributed by atoms with Crippen molar-refractivity contribution in [2.75, 3.05) is 0 Å². The molecule has 0 saturated carbocycles. The smallest absolute Gasteiger partial charge is 0.488 e. The fourth-order valence-electron chi connectivity index (χ4n) is 1.78. The van der Waals surface area contributed by atoms with Gasteiger partial charge in [-0.25, -0.2) is 4.39 Å². The van der Waals surface area contributed by atoms with E-state index in [9.17, 15) is 4.39 Å². The van der Waals surface area contributed by atoms with E-state index >= 15 is 0 Å². The minimum atomic E-state index is -1.49. The molecule has 0 aliphatic heterocycles. The highest BCUT2D eigenvalue weighted by Gasteiger charge is 2.11. The van der Waals surface area contributed by atoms with Crippen LogP contribution in [-0.2, 0) is 6.61 Å². The Morgan fingerprint density at radius 1 is 1.16 bits per heavy atom. The Morgan fingerprint density at radius 3 is 2.63 bits per heavy atom. The Morgan fingerprint density at radius 2 is 1.95 bits per heavy atom. The maximum Gasteiger partial charge on any atom is 0.488 e. The summed E-state index contributed by atoms with van der Waals surface area (Å²) in [5.41, 5.74) is 1.95. The summed E-state index contributed by atoms with van der Waals surface area (Å²) in [4.78, 5) is 0. The van der Waals surface area contributed by atoms with Crippen LogP contribution >= 0.6 is 0 Å². The summed E-state index contributed by atoms with van der Waals surface area (Å²) in [5.74, 6) is 0.312. The average molecular weight is 260 g/mol. The molecule has 0 amide bonds. The summed E-state index contributed by atoms with van der Waals surface area (Å²) in [5, 5.41) is 18.2. The Hall–Kier alpha value is -1.85. The molecule has 0 aromatic heterocycles. The van der Waals surface area contributed by atoms with Gasteiger partial charge in [-0.05, 0) is 41.7 Å². The predicted molar refractivity (Wildman–Crippen MR) is 71.7 cm³/mol. The molecule has 2 aromatic carbocycles. The van der Waals surface area contributed by atoms with Gasteiger partial charge in [-0.2, -0.15) is 0 Å². The van der Waals surface area contributed by atoms with Crippen molar-refractivity contribution in [3.05, 3.63) is 59.4 Å². The third-order valence-corrected chi connectivity index (χ3v) is 2.78. The van der Waals surface area contributed by atoms with E-state index in [1.54, 1.807) is 31.2 Å². The van der Waals surface area contributed by atoms with Gasteiger partial charge in [-0.15, -0.1) is 0 Å². The van der Waals surface area contributed by atoms with Crippen LogP contribution < -0.4 is 10.2 Å². The molecule has 0 heterocycles. The molecule has 0 spiro atoms. The molecule has 0 unspecified atom stereocenters. The third-order valence-electron chi connectivity index (χ3n) is 2.78. The van der Waals surface area contributed by atoms with Crippen LogP contribution in [0.25, 0.3) is 0 Å². The van der Waals surface area contributed by atoms with Crippen LogP contribution in [0.15, 0.2) is 42.5 Å². The van der Waals surface area contributed by atoms with Gasteiger partial charge in [-0.3, -0.25) is 0 Å². The first-order valence-corrected chi connectivity index (χ1v) is 5.90. The lowest BCUT2D eigenvalue weighted by molar-refractivity contribution is 0.303. The molecule has 98 valence electrons. The molecule has 2 N–H and O–H groups in total. The second kappa shape index (κ2) is 5.86. The van der Waals surface area contributed by atoms with Crippen molar-refractivity contribution < 1.29 is 19.2 Å². The van der Waals surface area contributed by atoms with Gasteiger partial charge in [0, 0.05) is 0 Å². The van der Waals surface area contributed by atoms with E-state index in [2.05, 4.69) is 0 Å². The molecule has 0 saturated heterocycles. The van der Waals surface area contributed by atoms with E-state index in [0.29, 0.717) is 11.2 Å². The average Bonchev–Trinajstić information content (AvgIpc) is 2.38. The van der Waals surface area contributed by atoms with E-state index in [1.165, 1.54) is 12.1 Å². The highest BCUT2D eigenvalue weighted by Crippen LogP contribution is 2.19. The topological polar surface area (TPSA) is 49.7 Å². The first-order chi connectivity index (χ1) is 9.06. The molecular weight excluding hydrogens is 246 g/mol. The molecule has 2 rings (SSSR count). The molecule has 0 atom stereocenters. The van der Waals surface area contributed by atoms with Crippen molar-refractivity contribution >= 4 is 12.6 Å². The Balaban J connectivity index is 2.08. The number of benzene rings is 2. The van der Waals surface area contributed by atoms with E-state index < -0.39 is 7.12 Å². The molecule has 0 radical (unpaired) electrons. The number of rotatable bonds is 4. The lowest BCUT2D eigenvalue weighted by Crippen LogP contribution is -2.29. The first kappa shape index (κ1) is 13.6. The highest BCUT2D eigenvalue weighted by molar-refractivity contribution is 6.58. The normalized spacial score (nSPS) is 10.3. The van der Waals surface area contributed by atoms with Gasteiger partial charge in [-0.1, -0.05) is 24.3 Å². The van der Waals surface area contributed by atoms with Crippen LogP contribution in [0.5, 0.6) is 5.75 Å². The van der Waals surface area contributed by atoms with Crippen LogP contribution in [-0.4, -0.2) is 17.2 Å². The zero-order valence-corrected chi connectivity index (χ0v) is 10.5. The minimum absolute atomic E-state index is 0.285. The number of hydrogen-bond acceptors (Lipinski definition) is 3. The Labute approximate surface area is 111 Å². The quantitative estimate of drug-likeness (QED) is 0.817. The Kier molecular flexibility index (Phi) is 4.19. The maximum absolute atomic E-state index is 12.9. The standard InChI is InChI=1S/C14H14BFO3/c1-10-7-13(16)5-6-14(10)19-9-11-3-2-4-12(8-11)15(17)18/h2-8,17-18H,9H2,1H3. The molecular formula is C14H14BFO3. The summed E-state index contributed by atoms with van der Waals surface area (Å²) < 4.78 is 18.5. The van der Waals surface area contributed by atoms with Gasteiger partial charge in [0.1, 0.15) is 18.2 Å². The van der Waals surface area contributed by atoms with Crippen LogP contribution in [0.3, 0.4) is 0 Å². The summed E-state index contributed by atoms with van der Waals surface area (Å²) in [6.45, 7) is 2.05. The van der Waals surface area contributed by atoms with Crippen LogP contribution in [0.2, 0.25) is 0 Å². The molecule has 5 heteroatoms.